The third-order valence-corrected chi connectivity index (χ3v) is 4.26. The molecule has 0 aliphatic rings. The number of aliphatic hydroxyl groups is 1. The topological polar surface area (TPSA) is 98.0 Å². The van der Waals surface area contributed by atoms with Gasteiger partial charge in [-0.25, -0.2) is 0 Å². The second-order valence-corrected chi connectivity index (χ2v) is 6.03. The quantitative estimate of drug-likeness (QED) is 0.329. The summed E-state index contributed by atoms with van der Waals surface area (Å²) in [5, 5.41) is 29.9. The van der Waals surface area contributed by atoms with Gasteiger partial charge in [0.25, 0.3) is 5.69 Å². The molecule has 0 aliphatic heterocycles. The van der Waals surface area contributed by atoms with E-state index in [1.807, 2.05) is 48.5 Å². The van der Waals surface area contributed by atoms with Crippen LogP contribution in [-0.2, 0) is 6.61 Å². The van der Waals surface area contributed by atoms with Crippen LogP contribution in [0.25, 0.3) is 22.8 Å². The maximum absolute atomic E-state index is 10.9. The normalized spacial score (nSPS) is 10.8. The van der Waals surface area contributed by atoms with Crippen molar-refractivity contribution in [3.63, 3.8) is 0 Å². The first-order valence-electron chi connectivity index (χ1n) is 8.56. The van der Waals surface area contributed by atoms with Crippen LogP contribution in [-0.4, -0.2) is 25.0 Å². The molecular weight excluding hydrogens is 358 g/mol. The molecule has 8 nitrogen and oxygen atoms in total. The maximum atomic E-state index is 10.9. The summed E-state index contributed by atoms with van der Waals surface area (Å²) in [7, 11) is 0. The fourth-order valence-electron chi connectivity index (χ4n) is 2.86. The van der Waals surface area contributed by atoms with Gasteiger partial charge in [-0.15, -0.1) is 0 Å². The number of nitro benzene ring substituents is 1. The number of hydrogen-bond donors (Lipinski definition) is 1. The van der Waals surface area contributed by atoms with Gasteiger partial charge in [0.05, 0.1) is 22.2 Å². The van der Waals surface area contributed by atoms with E-state index in [4.69, 9.17) is 0 Å². The number of rotatable bonds is 5. The van der Waals surface area contributed by atoms with Crippen molar-refractivity contribution in [2.45, 2.75) is 6.61 Å². The molecule has 1 N–H and O–H groups in total. The smallest absolute Gasteiger partial charge is 0.340 e. The van der Waals surface area contributed by atoms with Crippen molar-refractivity contribution < 1.29 is 14.8 Å². The van der Waals surface area contributed by atoms with Crippen LogP contribution in [0.1, 0.15) is 5.56 Å². The van der Waals surface area contributed by atoms with Crippen LogP contribution < -0.4 is 4.80 Å². The lowest BCUT2D eigenvalue weighted by molar-refractivity contribution is -0.735. The van der Waals surface area contributed by atoms with Crippen LogP contribution in [0.15, 0.2) is 78.9 Å². The number of benzene rings is 3. The predicted molar refractivity (Wildman–Crippen MR) is 101 cm³/mol. The van der Waals surface area contributed by atoms with Gasteiger partial charge >= 0.3 is 5.82 Å². The standard InChI is InChI=1S/C20H16N5O3/c26-14-16-8-4-5-9-19(16)24-22-20(15-6-2-1-3-7-15)21-23(24)17-10-12-18(13-11-17)25(27)28/h1-13,26H,14H2/q+1. The first kappa shape index (κ1) is 17.5. The Labute approximate surface area is 160 Å². The lowest BCUT2D eigenvalue weighted by Gasteiger charge is -2.03. The van der Waals surface area contributed by atoms with Crippen LogP contribution in [0.5, 0.6) is 0 Å². The van der Waals surface area contributed by atoms with Crippen LogP contribution in [0.4, 0.5) is 5.69 Å². The van der Waals surface area contributed by atoms with Crippen molar-refractivity contribution in [3.8, 4) is 22.8 Å². The Hall–Kier alpha value is -3.91. The highest BCUT2D eigenvalue weighted by molar-refractivity contribution is 5.53. The third kappa shape index (κ3) is 3.24. The second-order valence-electron chi connectivity index (χ2n) is 6.03. The van der Waals surface area contributed by atoms with Gasteiger partial charge in [0, 0.05) is 22.5 Å². The van der Waals surface area contributed by atoms with E-state index in [1.165, 1.54) is 12.1 Å². The number of aliphatic hydroxyl groups excluding tert-OH is 1. The molecule has 0 amide bonds. The van der Waals surface area contributed by atoms with Crippen LogP contribution >= 0.6 is 0 Å². The fourth-order valence-corrected chi connectivity index (χ4v) is 2.86. The second kappa shape index (κ2) is 7.37. The van der Waals surface area contributed by atoms with E-state index in [0.29, 0.717) is 22.8 Å². The highest BCUT2D eigenvalue weighted by Crippen LogP contribution is 2.18. The number of para-hydroxylation sites is 1. The SMILES string of the molecule is O=[N+]([O-])c1ccc(-n2nc(-c3ccccc3)n[n+]2-c2ccccc2CO)cc1. The predicted octanol–water partition coefficient (Wildman–Crippen LogP) is 2.61. The first-order chi connectivity index (χ1) is 13.7. The molecule has 1 heterocycles. The minimum absolute atomic E-state index is 0.00513. The van der Waals surface area contributed by atoms with Gasteiger partial charge in [-0.1, -0.05) is 36.4 Å². The molecule has 1 aromatic heterocycles. The van der Waals surface area contributed by atoms with Crippen molar-refractivity contribution in [2.75, 3.05) is 0 Å². The molecule has 0 bridgehead atoms. The molecule has 0 radical (unpaired) electrons. The summed E-state index contributed by atoms with van der Waals surface area (Å²) >= 11 is 0. The summed E-state index contributed by atoms with van der Waals surface area (Å²) in [4.78, 5) is 13.6. The fraction of sp³-hybridized carbons (Fsp3) is 0.0500. The summed E-state index contributed by atoms with van der Waals surface area (Å²) < 4.78 is 0. The molecule has 3 aromatic carbocycles. The molecule has 0 aliphatic carbocycles. The third-order valence-electron chi connectivity index (χ3n) is 4.26. The van der Waals surface area contributed by atoms with Crippen molar-refractivity contribution in [1.82, 2.24) is 15.0 Å². The molecular formula is C20H16N5O3+. The molecule has 0 atom stereocenters. The highest BCUT2D eigenvalue weighted by Gasteiger charge is 2.25. The van der Waals surface area contributed by atoms with Crippen LogP contribution in [0.2, 0.25) is 0 Å². The number of hydrogen-bond acceptors (Lipinski definition) is 5. The van der Waals surface area contributed by atoms with Crippen molar-refractivity contribution in [2.24, 2.45) is 0 Å². The van der Waals surface area contributed by atoms with Gasteiger partial charge in [0.1, 0.15) is 5.69 Å². The molecule has 4 rings (SSSR count). The van der Waals surface area contributed by atoms with Gasteiger partial charge in [0.2, 0.25) is 0 Å². The zero-order valence-corrected chi connectivity index (χ0v) is 14.7. The summed E-state index contributed by atoms with van der Waals surface area (Å²) in [6, 6.07) is 22.9. The van der Waals surface area contributed by atoms with E-state index in [0.717, 1.165) is 5.56 Å². The molecule has 28 heavy (non-hydrogen) atoms. The zero-order valence-electron chi connectivity index (χ0n) is 14.7. The van der Waals surface area contributed by atoms with Crippen LogP contribution in [0, 0.1) is 10.1 Å². The number of nitro groups is 1. The monoisotopic (exact) mass is 374 g/mol. The summed E-state index contributed by atoms with van der Waals surface area (Å²) in [6.45, 7) is -0.156. The number of tetrazole rings is 1. The Bertz CT molecular complexity index is 1120. The number of aromatic nitrogens is 4. The molecule has 4 aromatic rings. The summed E-state index contributed by atoms with van der Waals surface area (Å²) in [5.74, 6) is 0.492. The molecule has 0 fully saturated rings. The Morgan fingerprint density at radius 1 is 0.964 bits per heavy atom. The van der Waals surface area contributed by atoms with Crippen LogP contribution in [0.3, 0.4) is 0 Å². The van der Waals surface area contributed by atoms with Gasteiger partial charge in [-0.3, -0.25) is 10.1 Å². The Kier molecular flexibility index (Phi) is 4.61. The van der Waals surface area contributed by atoms with Crippen molar-refractivity contribution in [1.29, 1.82) is 0 Å². The van der Waals surface area contributed by atoms with Gasteiger partial charge in [-0.2, -0.15) is 0 Å². The van der Waals surface area contributed by atoms with E-state index in [2.05, 4.69) is 10.2 Å². The van der Waals surface area contributed by atoms with E-state index in [1.54, 1.807) is 27.8 Å². The molecule has 0 unspecified atom stereocenters. The number of non-ortho nitro benzene ring substituents is 1. The summed E-state index contributed by atoms with van der Waals surface area (Å²) in [6.07, 6.45) is 0. The lowest BCUT2D eigenvalue weighted by atomic mass is 10.2. The molecule has 8 heteroatoms. The van der Waals surface area contributed by atoms with E-state index in [9.17, 15) is 15.2 Å². The molecule has 0 saturated heterocycles. The molecule has 0 spiro atoms. The summed E-state index contributed by atoms with van der Waals surface area (Å²) in [5.41, 5.74) is 2.78. The highest BCUT2D eigenvalue weighted by atomic mass is 16.6. The number of nitrogens with zero attached hydrogens (tertiary/aromatic N) is 5. The van der Waals surface area contributed by atoms with E-state index >= 15 is 0 Å². The minimum Gasteiger partial charge on any atom is -0.392 e. The van der Waals surface area contributed by atoms with E-state index in [-0.39, 0.29) is 12.3 Å². The average Bonchev–Trinajstić information content (AvgIpc) is 3.19. The Balaban J connectivity index is 1.91. The van der Waals surface area contributed by atoms with Gasteiger partial charge in [0.15, 0.2) is 5.69 Å². The van der Waals surface area contributed by atoms with Crippen molar-refractivity contribution >= 4 is 5.69 Å². The molecule has 0 saturated carbocycles. The maximum Gasteiger partial charge on any atom is 0.340 e. The van der Waals surface area contributed by atoms with Gasteiger partial charge < -0.3 is 5.11 Å². The largest absolute Gasteiger partial charge is 0.392 e. The van der Waals surface area contributed by atoms with Gasteiger partial charge in [-0.05, 0) is 40.2 Å². The zero-order chi connectivity index (χ0) is 19.5. The molecule has 138 valence electrons. The average molecular weight is 374 g/mol. The first-order valence-corrected chi connectivity index (χ1v) is 8.56. The van der Waals surface area contributed by atoms with Crippen molar-refractivity contribution in [3.05, 3.63) is 94.5 Å². The minimum atomic E-state index is -0.449. The Morgan fingerprint density at radius 3 is 2.32 bits per heavy atom. The Morgan fingerprint density at radius 2 is 1.64 bits per heavy atom. The van der Waals surface area contributed by atoms with E-state index < -0.39 is 4.92 Å². The lowest BCUT2D eigenvalue weighted by Crippen LogP contribution is -2.44.